The van der Waals surface area contributed by atoms with Crippen LogP contribution in [0.25, 0.3) is 10.7 Å². The summed E-state index contributed by atoms with van der Waals surface area (Å²) in [4.78, 5) is 23.0. The van der Waals surface area contributed by atoms with Gasteiger partial charge in [-0.2, -0.15) is 4.39 Å². The number of rotatable bonds is 4. The Morgan fingerprint density at radius 2 is 2.10 bits per heavy atom. The van der Waals surface area contributed by atoms with Crippen molar-refractivity contribution in [3.05, 3.63) is 57.8 Å². The van der Waals surface area contributed by atoms with Crippen LogP contribution in [0.1, 0.15) is 22.4 Å². The van der Waals surface area contributed by atoms with Gasteiger partial charge in [0.2, 0.25) is 0 Å². The molecule has 0 radical (unpaired) electrons. The van der Waals surface area contributed by atoms with Gasteiger partial charge in [0.1, 0.15) is 5.82 Å². The minimum Gasteiger partial charge on any atom is -0.481 e. The molecule has 3 aromatic rings. The first-order chi connectivity index (χ1) is 14.0. The third kappa shape index (κ3) is 3.34. The van der Waals surface area contributed by atoms with Gasteiger partial charge in [0.25, 0.3) is 0 Å². The first-order valence-electron chi connectivity index (χ1n) is 9.09. The summed E-state index contributed by atoms with van der Waals surface area (Å²) < 4.78 is 25.8. The van der Waals surface area contributed by atoms with E-state index in [-0.39, 0.29) is 11.6 Å². The molecule has 0 bridgehead atoms. The fourth-order valence-electron chi connectivity index (χ4n) is 3.88. The number of carbonyl (C=O) groups is 1. The molecule has 1 N–H and O–H groups in total. The highest BCUT2D eigenvalue weighted by molar-refractivity contribution is 7.83. The zero-order chi connectivity index (χ0) is 20.1. The second kappa shape index (κ2) is 7.00. The van der Waals surface area contributed by atoms with E-state index >= 15 is 0 Å². The van der Waals surface area contributed by atoms with Crippen LogP contribution in [0.4, 0.5) is 15.9 Å². The third-order valence-corrected chi connectivity index (χ3v) is 7.19. The van der Waals surface area contributed by atoms with Crippen LogP contribution in [0, 0.1) is 5.13 Å². The molecule has 2 aliphatic heterocycles. The number of nitrogens with zero attached hydrogens (tertiary/aromatic N) is 3. The van der Waals surface area contributed by atoms with Crippen molar-refractivity contribution in [1.82, 2.24) is 9.97 Å². The quantitative estimate of drug-likeness (QED) is 0.684. The van der Waals surface area contributed by atoms with E-state index in [0.29, 0.717) is 28.8 Å². The molecule has 9 heteroatoms. The molecule has 5 rings (SSSR count). The molecule has 2 aliphatic rings. The smallest absolute Gasteiger partial charge is 0.307 e. The average molecular weight is 429 g/mol. The highest BCUT2D eigenvalue weighted by Crippen LogP contribution is 2.40. The van der Waals surface area contributed by atoms with E-state index in [0.717, 1.165) is 51.6 Å². The van der Waals surface area contributed by atoms with E-state index in [1.54, 1.807) is 6.07 Å². The van der Waals surface area contributed by atoms with Gasteiger partial charge in [-0.1, -0.05) is 12.1 Å². The Hall–Kier alpha value is -2.65. The zero-order valence-corrected chi connectivity index (χ0v) is 16.9. The molecular weight excluding hydrogens is 413 g/mol. The number of thiophene rings is 1. The number of benzene rings is 1. The number of carboxylic acids is 1. The highest BCUT2D eigenvalue weighted by Gasteiger charge is 2.31. The SMILES string of the molecule is O=C(O)Cc1ccc2c(c1)CCN2c1nc(-c2ccc(F)s2)nc2c1CS(=O)C2. The molecule has 1 aromatic carbocycles. The van der Waals surface area contributed by atoms with Gasteiger partial charge in [-0.25, -0.2) is 9.97 Å². The lowest BCUT2D eigenvalue weighted by atomic mass is 10.1. The number of hydrogen-bond donors (Lipinski definition) is 1. The Morgan fingerprint density at radius 3 is 2.86 bits per heavy atom. The van der Waals surface area contributed by atoms with Crippen LogP contribution in [0.3, 0.4) is 0 Å². The maximum Gasteiger partial charge on any atom is 0.307 e. The van der Waals surface area contributed by atoms with E-state index in [4.69, 9.17) is 10.1 Å². The average Bonchev–Trinajstić information content (AvgIpc) is 3.37. The van der Waals surface area contributed by atoms with Gasteiger partial charge < -0.3 is 10.0 Å². The number of hydrogen-bond acceptors (Lipinski definition) is 6. The topological polar surface area (TPSA) is 83.4 Å². The zero-order valence-electron chi connectivity index (χ0n) is 15.2. The number of carboxylic acid groups (broad SMARTS) is 1. The van der Waals surface area contributed by atoms with Gasteiger partial charge in [0.05, 0.1) is 28.5 Å². The van der Waals surface area contributed by atoms with Crippen LogP contribution < -0.4 is 4.90 Å². The molecule has 0 spiro atoms. The van der Waals surface area contributed by atoms with Gasteiger partial charge in [-0.3, -0.25) is 9.00 Å². The second-order valence-electron chi connectivity index (χ2n) is 7.06. The molecule has 0 fully saturated rings. The number of halogens is 1. The third-order valence-electron chi connectivity index (χ3n) is 5.12. The molecular formula is C20H16FN3O3S2. The minimum absolute atomic E-state index is 0.0107. The second-order valence-corrected chi connectivity index (χ2v) is 9.55. The molecule has 148 valence electrons. The molecule has 1 unspecified atom stereocenters. The van der Waals surface area contributed by atoms with Gasteiger partial charge in [0, 0.05) is 28.6 Å². The molecule has 4 heterocycles. The Morgan fingerprint density at radius 1 is 1.24 bits per heavy atom. The maximum absolute atomic E-state index is 13.5. The lowest BCUT2D eigenvalue weighted by Crippen LogP contribution is -2.18. The van der Waals surface area contributed by atoms with Crippen molar-refractivity contribution in [2.24, 2.45) is 0 Å². The summed E-state index contributed by atoms with van der Waals surface area (Å²) in [6.07, 6.45) is 0.761. The molecule has 0 amide bonds. The first kappa shape index (κ1) is 18.4. The van der Waals surface area contributed by atoms with E-state index in [1.165, 1.54) is 6.07 Å². The number of fused-ring (bicyclic) bond motifs is 2. The Labute approximate surface area is 172 Å². The number of aromatic nitrogens is 2. The molecule has 29 heavy (non-hydrogen) atoms. The van der Waals surface area contributed by atoms with Crippen molar-refractivity contribution in [3.63, 3.8) is 0 Å². The van der Waals surface area contributed by atoms with E-state index in [1.807, 2.05) is 18.2 Å². The van der Waals surface area contributed by atoms with Crippen molar-refractivity contribution in [1.29, 1.82) is 0 Å². The predicted octanol–water partition coefficient (Wildman–Crippen LogP) is 3.43. The lowest BCUT2D eigenvalue weighted by molar-refractivity contribution is -0.136. The standard InChI is InChI=1S/C20H16FN3O3S2/c21-17-4-3-16(28-17)19-22-14-10-29(27)9-13(14)20(23-19)24-6-5-12-7-11(8-18(25)26)1-2-15(12)24/h1-4,7H,5-6,8-10H2,(H,25,26). The van der Waals surface area contributed by atoms with Crippen molar-refractivity contribution in [2.45, 2.75) is 24.3 Å². The minimum atomic E-state index is -1.02. The first-order valence-corrected chi connectivity index (χ1v) is 11.4. The van der Waals surface area contributed by atoms with Crippen LogP contribution in [-0.2, 0) is 39.9 Å². The Bertz CT molecular complexity index is 1180. The van der Waals surface area contributed by atoms with Crippen LogP contribution in [0.15, 0.2) is 30.3 Å². The molecule has 0 saturated carbocycles. The molecule has 6 nitrogen and oxygen atoms in total. The van der Waals surface area contributed by atoms with Crippen molar-refractivity contribution in [2.75, 3.05) is 11.4 Å². The fourth-order valence-corrected chi connectivity index (χ4v) is 5.80. The summed E-state index contributed by atoms with van der Waals surface area (Å²) in [5, 5.41) is 8.74. The summed E-state index contributed by atoms with van der Waals surface area (Å²) in [6, 6.07) is 8.72. The molecule has 1 atom stereocenters. The Balaban J connectivity index is 1.59. The fraction of sp³-hybridized carbons (Fsp3) is 0.250. The van der Waals surface area contributed by atoms with Gasteiger partial charge in [-0.05, 0) is 35.7 Å². The van der Waals surface area contributed by atoms with Crippen LogP contribution in [-0.4, -0.2) is 31.8 Å². The molecule has 0 saturated heterocycles. The monoisotopic (exact) mass is 429 g/mol. The van der Waals surface area contributed by atoms with Crippen molar-refractivity contribution in [3.8, 4) is 10.7 Å². The summed E-state index contributed by atoms with van der Waals surface area (Å²) in [5.41, 5.74) is 4.45. The van der Waals surface area contributed by atoms with Gasteiger partial charge in [-0.15, -0.1) is 11.3 Å². The van der Waals surface area contributed by atoms with Gasteiger partial charge >= 0.3 is 5.97 Å². The van der Waals surface area contributed by atoms with Crippen LogP contribution in [0.2, 0.25) is 0 Å². The Kier molecular flexibility index (Phi) is 4.44. The van der Waals surface area contributed by atoms with Gasteiger partial charge in [0.15, 0.2) is 11.0 Å². The van der Waals surface area contributed by atoms with E-state index < -0.39 is 16.8 Å². The summed E-state index contributed by atoms with van der Waals surface area (Å²) >= 11 is 0.990. The molecule has 2 aromatic heterocycles. The largest absolute Gasteiger partial charge is 0.481 e. The highest BCUT2D eigenvalue weighted by atomic mass is 32.2. The maximum atomic E-state index is 13.5. The molecule has 0 aliphatic carbocycles. The summed E-state index contributed by atoms with van der Waals surface area (Å²) in [6.45, 7) is 0.695. The van der Waals surface area contributed by atoms with Crippen molar-refractivity contribution < 1.29 is 18.5 Å². The number of aliphatic carboxylic acids is 1. The summed E-state index contributed by atoms with van der Waals surface area (Å²) in [5.74, 6) is 1.09. The summed E-state index contributed by atoms with van der Waals surface area (Å²) in [7, 11) is -1.02. The van der Waals surface area contributed by atoms with Crippen LogP contribution in [0.5, 0.6) is 0 Å². The van der Waals surface area contributed by atoms with Crippen molar-refractivity contribution >= 4 is 39.6 Å². The number of anilines is 2. The lowest BCUT2D eigenvalue weighted by Gasteiger charge is -2.21. The predicted molar refractivity (Wildman–Crippen MR) is 109 cm³/mol. The van der Waals surface area contributed by atoms with Crippen LogP contribution >= 0.6 is 11.3 Å². The van der Waals surface area contributed by atoms with E-state index in [2.05, 4.69) is 9.88 Å². The normalized spacial score (nSPS) is 17.4. The van der Waals surface area contributed by atoms with E-state index in [9.17, 15) is 13.4 Å².